The average Bonchev–Trinajstić information content (AvgIpc) is 3.25. The maximum Gasteiger partial charge on any atom is 0.417 e. The number of aryl methyl sites for hydroxylation is 1. The van der Waals surface area contributed by atoms with Crippen molar-refractivity contribution in [2.24, 2.45) is 11.0 Å². The Morgan fingerprint density at radius 2 is 1.96 bits per heavy atom. The molecule has 0 aromatic heterocycles. The van der Waals surface area contributed by atoms with E-state index in [0.29, 0.717) is 18.0 Å². The van der Waals surface area contributed by atoms with Crippen LogP contribution in [-0.4, -0.2) is 54.4 Å². The molecule has 1 aromatic rings. The molecule has 8 nitrogen and oxygen atoms in total. The van der Waals surface area contributed by atoms with E-state index in [4.69, 9.17) is 9.47 Å². The Labute approximate surface area is 164 Å². The number of hydrogen-bond donors (Lipinski definition) is 0. The normalized spacial score (nSPS) is 21.8. The molecule has 1 fully saturated rings. The molecule has 150 valence electrons. The zero-order valence-electron chi connectivity index (χ0n) is 16.5. The number of rotatable bonds is 5. The number of carbonyl (C=O) groups is 3. The van der Waals surface area contributed by atoms with Crippen molar-refractivity contribution < 1.29 is 23.9 Å². The van der Waals surface area contributed by atoms with Crippen molar-refractivity contribution in [3.8, 4) is 0 Å². The number of methoxy groups -OCH3 is 1. The first-order valence-corrected chi connectivity index (χ1v) is 9.33. The van der Waals surface area contributed by atoms with Crippen LogP contribution in [0.1, 0.15) is 32.3 Å². The van der Waals surface area contributed by atoms with Crippen molar-refractivity contribution in [2.75, 3.05) is 18.7 Å². The number of ether oxygens (including phenoxy) is 2. The second-order valence-corrected chi connectivity index (χ2v) is 7.51. The Bertz CT molecular complexity index is 803. The lowest BCUT2D eigenvalue weighted by Gasteiger charge is -2.28. The van der Waals surface area contributed by atoms with Gasteiger partial charge in [0.05, 0.1) is 18.8 Å². The predicted molar refractivity (Wildman–Crippen MR) is 103 cm³/mol. The minimum absolute atomic E-state index is 0.0670. The van der Waals surface area contributed by atoms with Crippen LogP contribution in [0.25, 0.3) is 0 Å². The molecule has 2 aliphatic rings. The molecule has 2 heterocycles. The van der Waals surface area contributed by atoms with Crippen LogP contribution in [0.15, 0.2) is 29.4 Å². The largest absolute Gasteiger partial charge is 0.464 e. The summed E-state index contributed by atoms with van der Waals surface area (Å²) in [6, 6.07) is 6.32. The number of anilines is 1. The van der Waals surface area contributed by atoms with Gasteiger partial charge in [0.25, 0.3) is 5.91 Å². The molecule has 8 heteroatoms. The number of cyclic esters (lactones) is 1. The lowest BCUT2D eigenvalue weighted by atomic mass is 10.0. The van der Waals surface area contributed by atoms with Crippen LogP contribution in [0.4, 0.5) is 10.5 Å². The SMILES string of the molecule is COC(=O)C1=NN(c2ccc(C)cc2)[C@@H](C(=O)N2C(=O)OC[C@@H]2CC(C)C)C1. The highest BCUT2D eigenvalue weighted by Gasteiger charge is 2.46. The van der Waals surface area contributed by atoms with Gasteiger partial charge in [0, 0.05) is 6.42 Å². The van der Waals surface area contributed by atoms with Gasteiger partial charge in [0.2, 0.25) is 0 Å². The molecule has 1 saturated heterocycles. The highest BCUT2D eigenvalue weighted by molar-refractivity contribution is 6.38. The van der Waals surface area contributed by atoms with Gasteiger partial charge in [-0.2, -0.15) is 5.10 Å². The Morgan fingerprint density at radius 3 is 2.57 bits per heavy atom. The summed E-state index contributed by atoms with van der Waals surface area (Å²) in [5, 5.41) is 5.81. The van der Waals surface area contributed by atoms with E-state index < -0.39 is 24.0 Å². The number of hydrogen-bond acceptors (Lipinski definition) is 7. The highest BCUT2D eigenvalue weighted by Crippen LogP contribution is 2.29. The first kappa shape index (κ1) is 19.9. The van der Waals surface area contributed by atoms with E-state index >= 15 is 0 Å². The Hall–Kier alpha value is -2.90. The molecule has 0 spiro atoms. The van der Waals surface area contributed by atoms with Gasteiger partial charge < -0.3 is 9.47 Å². The summed E-state index contributed by atoms with van der Waals surface area (Å²) in [7, 11) is 1.27. The van der Waals surface area contributed by atoms with Crippen LogP contribution in [0.2, 0.25) is 0 Å². The Morgan fingerprint density at radius 1 is 1.29 bits per heavy atom. The minimum atomic E-state index is -0.808. The van der Waals surface area contributed by atoms with Gasteiger partial charge in [0.15, 0.2) is 0 Å². The van der Waals surface area contributed by atoms with Gasteiger partial charge in [-0.3, -0.25) is 9.80 Å². The van der Waals surface area contributed by atoms with E-state index in [1.54, 1.807) is 0 Å². The van der Waals surface area contributed by atoms with Crippen LogP contribution >= 0.6 is 0 Å². The summed E-state index contributed by atoms with van der Waals surface area (Å²) in [6.45, 7) is 6.19. The topological polar surface area (TPSA) is 88.5 Å². The third-order valence-corrected chi connectivity index (χ3v) is 4.86. The Balaban J connectivity index is 1.91. The molecule has 0 N–H and O–H groups in total. The summed E-state index contributed by atoms with van der Waals surface area (Å²) in [6.07, 6.45) is 0.0721. The molecule has 3 rings (SSSR count). The lowest BCUT2D eigenvalue weighted by molar-refractivity contribution is -0.132. The fourth-order valence-corrected chi connectivity index (χ4v) is 3.49. The fraction of sp³-hybridized carbons (Fsp3) is 0.500. The third kappa shape index (κ3) is 3.85. The molecule has 2 aliphatic heterocycles. The van der Waals surface area contributed by atoms with Crippen molar-refractivity contribution >= 4 is 29.4 Å². The molecule has 0 unspecified atom stereocenters. The number of esters is 1. The summed E-state index contributed by atoms with van der Waals surface area (Å²) >= 11 is 0. The molecule has 2 atom stereocenters. The van der Waals surface area contributed by atoms with Gasteiger partial charge in [-0.1, -0.05) is 31.5 Å². The van der Waals surface area contributed by atoms with Crippen LogP contribution in [0.3, 0.4) is 0 Å². The van der Waals surface area contributed by atoms with Crippen molar-refractivity contribution in [3.05, 3.63) is 29.8 Å². The number of nitrogens with zero attached hydrogens (tertiary/aromatic N) is 3. The van der Waals surface area contributed by atoms with Gasteiger partial charge in [-0.25, -0.2) is 14.5 Å². The second kappa shape index (κ2) is 8.00. The van der Waals surface area contributed by atoms with Gasteiger partial charge in [0.1, 0.15) is 18.4 Å². The first-order chi connectivity index (χ1) is 13.3. The molecule has 2 amide bonds. The highest BCUT2D eigenvalue weighted by atomic mass is 16.6. The van der Waals surface area contributed by atoms with Gasteiger partial charge >= 0.3 is 12.1 Å². The summed E-state index contributed by atoms with van der Waals surface area (Å²) in [4.78, 5) is 38.8. The number of hydrazone groups is 1. The first-order valence-electron chi connectivity index (χ1n) is 9.33. The fourth-order valence-electron chi connectivity index (χ4n) is 3.49. The number of carbonyl (C=O) groups excluding carboxylic acids is 3. The standard InChI is InChI=1S/C20H25N3O5/c1-12(2)9-15-11-28-20(26)22(15)18(24)17-10-16(19(25)27-4)21-23(17)14-7-5-13(3)6-8-14/h5-8,12,15,17H,9-11H2,1-4H3/t15-,17+/m0/s1. The predicted octanol–water partition coefficient (Wildman–Crippen LogP) is 2.50. The molecular formula is C20H25N3O5. The van der Waals surface area contributed by atoms with Crippen molar-refractivity contribution in [1.29, 1.82) is 0 Å². The molecule has 0 aliphatic carbocycles. The van der Waals surface area contributed by atoms with Crippen LogP contribution in [0, 0.1) is 12.8 Å². The average molecular weight is 387 g/mol. The van der Waals surface area contributed by atoms with E-state index in [1.807, 2.05) is 45.0 Å². The van der Waals surface area contributed by atoms with Gasteiger partial charge in [-0.15, -0.1) is 0 Å². The number of benzene rings is 1. The smallest absolute Gasteiger partial charge is 0.417 e. The Kier molecular flexibility index (Phi) is 5.67. The molecule has 0 bridgehead atoms. The van der Waals surface area contributed by atoms with E-state index in [2.05, 4.69) is 5.10 Å². The minimum Gasteiger partial charge on any atom is -0.464 e. The maximum atomic E-state index is 13.3. The second-order valence-electron chi connectivity index (χ2n) is 7.51. The zero-order chi connectivity index (χ0) is 20.4. The van der Waals surface area contributed by atoms with E-state index in [0.717, 1.165) is 5.56 Å². The number of amides is 2. The van der Waals surface area contributed by atoms with Crippen molar-refractivity contribution in [2.45, 2.75) is 45.7 Å². The monoisotopic (exact) mass is 387 g/mol. The number of imide groups is 1. The molecule has 1 aromatic carbocycles. The van der Waals surface area contributed by atoms with E-state index in [9.17, 15) is 14.4 Å². The van der Waals surface area contributed by atoms with E-state index in [-0.39, 0.29) is 24.8 Å². The molecular weight excluding hydrogens is 362 g/mol. The van der Waals surface area contributed by atoms with Gasteiger partial charge in [-0.05, 0) is 31.4 Å². The van der Waals surface area contributed by atoms with Crippen molar-refractivity contribution in [3.63, 3.8) is 0 Å². The van der Waals surface area contributed by atoms with E-state index in [1.165, 1.54) is 17.0 Å². The van der Waals surface area contributed by atoms with Crippen LogP contribution in [0.5, 0.6) is 0 Å². The summed E-state index contributed by atoms with van der Waals surface area (Å²) < 4.78 is 9.90. The molecule has 0 radical (unpaired) electrons. The maximum absolute atomic E-state index is 13.3. The van der Waals surface area contributed by atoms with Crippen molar-refractivity contribution in [1.82, 2.24) is 4.90 Å². The van der Waals surface area contributed by atoms with Crippen LogP contribution in [-0.2, 0) is 19.1 Å². The summed E-state index contributed by atoms with van der Waals surface area (Å²) in [5.41, 5.74) is 1.87. The summed E-state index contributed by atoms with van der Waals surface area (Å²) in [5.74, 6) is -0.708. The molecule has 0 saturated carbocycles. The zero-order valence-corrected chi connectivity index (χ0v) is 16.5. The lowest BCUT2D eigenvalue weighted by Crippen LogP contribution is -2.49. The quantitative estimate of drug-likeness (QED) is 0.722. The van der Waals surface area contributed by atoms with Crippen LogP contribution < -0.4 is 5.01 Å². The third-order valence-electron chi connectivity index (χ3n) is 4.86. The molecule has 28 heavy (non-hydrogen) atoms.